The molecule has 1 aromatic rings. The van der Waals surface area contributed by atoms with Gasteiger partial charge in [-0.1, -0.05) is 30.3 Å². The van der Waals surface area contributed by atoms with Crippen molar-refractivity contribution in [3.8, 4) is 0 Å². The van der Waals surface area contributed by atoms with Crippen molar-refractivity contribution in [2.75, 3.05) is 19.8 Å². The number of rotatable bonds is 4. The van der Waals surface area contributed by atoms with Gasteiger partial charge in [-0.3, -0.25) is 19.4 Å². The Bertz CT molecular complexity index is 567. The molecule has 0 atom stereocenters. The van der Waals surface area contributed by atoms with Crippen LogP contribution in [0.5, 0.6) is 0 Å². The fourth-order valence-corrected chi connectivity index (χ4v) is 2.70. The third kappa shape index (κ3) is 2.67. The van der Waals surface area contributed by atoms with E-state index in [1.165, 1.54) is 0 Å². The molecule has 2 heterocycles. The molecule has 0 saturated carbocycles. The van der Waals surface area contributed by atoms with E-state index in [0.29, 0.717) is 0 Å². The van der Waals surface area contributed by atoms with E-state index in [2.05, 4.69) is 0 Å². The Hall–Kier alpha value is -2.21. The molecule has 110 valence electrons. The summed E-state index contributed by atoms with van der Waals surface area (Å²) in [5.74, 6) is -1.45. The molecule has 3 rings (SSSR count). The molecule has 6 heteroatoms. The lowest BCUT2D eigenvalue weighted by atomic mass is 10.2. The molecule has 2 fully saturated rings. The average Bonchev–Trinajstić information content (AvgIpc) is 3.08. The average molecular weight is 287 g/mol. The first-order chi connectivity index (χ1) is 10.2. The minimum atomic E-state index is -0.733. The Morgan fingerprint density at radius 2 is 1.48 bits per heavy atom. The van der Waals surface area contributed by atoms with Crippen LogP contribution in [0, 0.1) is 0 Å². The zero-order valence-corrected chi connectivity index (χ0v) is 11.7. The van der Waals surface area contributed by atoms with E-state index in [4.69, 9.17) is 0 Å². The Balaban J connectivity index is 1.72. The zero-order chi connectivity index (χ0) is 14.8. The van der Waals surface area contributed by atoms with Gasteiger partial charge in [0.25, 0.3) is 0 Å². The summed E-state index contributed by atoms with van der Waals surface area (Å²) < 4.78 is 0. The first kappa shape index (κ1) is 13.8. The predicted molar refractivity (Wildman–Crippen MR) is 74.9 cm³/mol. The molecule has 0 aliphatic carbocycles. The smallest absolute Gasteiger partial charge is 0.285 e. The quantitative estimate of drug-likeness (QED) is 0.613. The number of hydrogen-bond acceptors (Lipinski definition) is 4. The van der Waals surface area contributed by atoms with E-state index in [-0.39, 0.29) is 13.2 Å². The van der Waals surface area contributed by atoms with Crippen LogP contribution in [0.3, 0.4) is 0 Å². The van der Waals surface area contributed by atoms with Gasteiger partial charge in [-0.2, -0.15) is 0 Å². The summed E-state index contributed by atoms with van der Waals surface area (Å²) in [6.07, 6.45) is 2.13. The van der Waals surface area contributed by atoms with Gasteiger partial charge in [0.15, 0.2) is 0 Å². The van der Waals surface area contributed by atoms with Crippen LogP contribution in [0.15, 0.2) is 30.3 Å². The second-order valence-corrected chi connectivity index (χ2v) is 5.36. The summed E-state index contributed by atoms with van der Waals surface area (Å²) in [7, 11) is 0. The van der Waals surface area contributed by atoms with Crippen LogP contribution in [0.4, 0.5) is 4.79 Å². The number of likely N-dealkylation sites (tertiary alicyclic amines) is 1. The van der Waals surface area contributed by atoms with Crippen LogP contribution in [0.1, 0.15) is 18.4 Å². The highest BCUT2D eigenvalue weighted by molar-refractivity contribution is 6.44. The Morgan fingerprint density at radius 3 is 2.14 bits per heavy atom. The van der Waals surface area contributed by atoms with Gasteiger partial charge >= 0.3 is 17.8 Å². The summed E-state index contributed by atoms with van der Waals surface area (Å²) in [6.45, 7) is 2.09. The van der Waals surface area contributed by atoms with Crippen LogP contribution in [-0.2, 0) is 16.1 Å². The van der Waals surface area contributed by atoms with Gasteiger partial charge in [0, 0.05) is 0 Å². The van der Waals surface area contributed by atoms with Crippen LogP contribution in [-0.4, -0.2) is 52.3 Å². The van der Waals surface area contributed by atoms with Gasteiger partial charge in [0.05, 0.1) is 13.2 Å². The molecule has 0 radical (unpaired) electrons. The number of carbonyl (C=O) groups excluding carboxylic acids is 3. The van der Waals surface area contributed by atoms with Gasteiger partial charge in [-0.15, -0.1) is 0 Å². The minimum absolute atomic E-state index is 0.140. The van der Waals surface area contributed by atoms with E-state index in [1.54, 1.807) is 0 Å². The third-order valence-corrected chi connectivity index (χ3v) is 3.86. The van der Waals surface area contributed by atoms with Crippen LogP contribution < -0.4 is 0 Å². The fraction of sp³-hybridized carbons (Fsp3) is 0.400. The summed E-state index contributed by atoms with van der Waals surface area (Å²) in [5, 5.41) is 0. The highest BCUT2D eigenvalue weighted by Crippen LogP contribution is 2.18. The van der Waals surface area contributed by atoms with Crippen molar-refractivity contribution in [3.05, 3.63) is 35.9 Å². The summed E-state index contributed by atoms with van der Waals surface area (Å²) >= 11 is 0. The van der Waals surface area contributed by atoms with Gasteiger partial charge < -0.3 is 0 Å². The molecule has 0 unspecified atom stereocenters. The standard InChI is InChI=1S/C15H17N3O3/c19-13-14(20)18(11-16-8-4-5-9-16)15(21)17(13)10-12-6-2-1-3-7-12/h1-3,6-7H,4-5,8-11H2. The molecule has 21 heavy (non-hydrogen) atoms. The summed E-state index contributed by atoms with van der Waals surface area (Å²) in [4.78, 5) is 40.4. The molecule has 6 nitrogen and oxygen atoms in total. The molecule has 1 aromatic carbocycles. The summed E-state index contributed by atoms with van der Waals surface area (Å²) in [6, 6.07) is 8.68. The van der Waals surface area contributed by atoms with Gasteiger partial charge in [-0.05, 0) is 31.5 Å². The van der Waals surface area contributed by atoms with Crippen molar-refractivity contribution in [3.63, 3.8) is 0 Å². The predicted octanol–water partition coefficient (Wildman–Crippen LogP) is 1.03. The van der Waals surface area contributed by atoms with E-state index < -0.39 is 17.8 Å². The van der Waals surface area contributed by atoms with Crippen molar-refractivity contribution in [2.24, 2.45) is 0 Å². The fourth-order valence-electron chi connectivity index (χ4n) is 2.70. The molecule has 2 aliphatic rings. The molecular weight excluding hydrogens is 270 g/mol. The number of nitrogens with zero attached hydrogens (tertiary/aromatic N) is 3. The molecule has 2 aliphatic heterocycles. The van der Waals surface area contributed by atoms with Crippen molar-refractivity contribution in [2.45, 2.75) is 19.4 Å². The van der Waals surface area contributed by atoms with E-state index in [0.717, 1.165) is 41.3 Å². The van der Waals surface area contributed by atoms with Crippen molar-refractivity contribution >= 4 is 17.8 Å². The monoisotopic (exact) mass is 287 g/mol. The molecular formula is C15H17N3O3. The van der Waals surface area contributed by atoms with Crippen LogP contribution in [0.25, 0.3) is 0 Å². The molecule has 2 saturated heterocycles. The first-order valence-electron chi connectivity index (χ1n) is 7.10. The van der Waals surface area contributed by atoms with Gasteiger partial charge in [-0.25, -0.2) is 9.69 Å². The lowest BCUT2D eigenvalue weighted by Gasteiger charge is -2.21. The highest BCUT2D eigenvalue weighted by Gasteiger charge is 2.44. The Labute approximate surface area is 122 Å². The van der Waals surface area contributed by atoms with Crippen molar-refractivity contribution in [1.82, 2.24) is 14.7 Å². The number of benzene rings is 1. The van der Waals surface area contributed by atoms with Gasteiger partial charge in [0.2, 0.25) is 0 Å². The molecule has 0 spiro atoms. The van der Waals surface area contributed by atoms with Crippen LogP contribution in [0.2, 0.25) is 0 Å². The normalized spacial score (nSPS) is 19.9. The number of imide groups is 2. The molecule has 0 aromatic heterocycles. The topological polar surface area (TPSA) is 60.9 Å². The second kappa shape index (κ2) is 5.65. The maximum atomic E-state index is 12.3. The largest absolute Gasteiger partial charge is 0.335 e. The summed E-state index contributed by atoms with van der Waals surface area (Å²) in [5.41, 5.74) is 0.829. The maximum absolute atomic E-state index is 12.3. The molecule has 0 N–H and O–H groups in total. The third-order valence-electron chi connectivity index (χ3n) is 3.86. The number of urea groups is 1. The molecule has 4 amide bonds. The van der Waals surface area contributed by atoms with Crippen molar-refractivity contribution in [1.29, 1.82) is 0 Å². The lowest BCUT2D eigenvalue weighted by molar-refractivity contribution is -0.144. The van der Waals surface area contributed by atoms with E-state index in [9.17, 15) is 14.4 Å². The zero-order valence-electron chi connectivity index (χ0n) is 11.7. The van der Waals surface area contributed by atoms with Gasteiger partial charge in [0.1, 0.15) is 0 Å². The number of hydrogen-bond donors (Lipinski definition) is 0. The number of amides is 4. The number of carbonyl (C=O) groups is 3. The lowest BCUT2D eigenvalue weighted by Crippen LogP contribution is -2.41. The van der Waals surface area contributed by atoms with Crippen LogP contribution >= 0.6 is 0 Å². The van der Waals surface area contributed by atoms with E-state index >= 15 is 0 Å². The maximum Gasteiger partial charge on any atom is 0.335 e. The Morgan fingerprint density at radius 1 is 0.857 bits per heavy atom. The molecule has 0 bridgehead atoms. The second-order valence-electron chi connectivity index (χ2n) is 5.36. The van der Waals surface area contributed by atoms with E-state index in [1.807, 2.05) is 35.2 Å². The Kier molecular flexibility index (Phi) is 3.70. The minimum Gasteiger partial charge on any atom is -0.285 e. The first-order valence-corrected chi connectivity index (χ1v) is 7.10. The SMILES string of the molecule is O=C1C(=O)N(CN2CCCC2)C(=O)N1Cc1ccccc1. The highest BCUT2D eigenvalue weighted by atomic mass is 16.2. The van der Waals surface area contributed by atoms with Crippen molar-refractivity contribution < 1.29 is 14.4 Å².